The first-order valence-electron chi connectivity index (χ1n) is 9.50. The topological polar surface area (TPSA) is 63.1 Å². The highest BCUT2D eigenvalue weighted by atomic mass is 16.2. The van der Waals surface area contributed by atoms with Crippen molar-refractivity contribution in [2.75, 3.05) is 12.4 Å². The molecular formula is C22H27N5O. The van der Waals surface area contributed by atoms with Crippen molar-refractivity contribution in [2.45, 2.75) is 40.3 Å². The van der Waals surface area contributed by atoms with Crippen LogP contribution in [-0.4, -0.2) is 32.7 Å². The predicted molar refractivity (Wildman–Crippen MR) is 111 cm³/mol. The highest BCUT2D eigenvalue weighted by Crippen LogP contribution is 2.15. The monoisotopic (exact) mass is 377 g/mol. The number of carbonyl (C=O) groups excluding carboxylic acids is 1. The Balaban J connectivity index is 1.67. The van der Waals surface area contributed by atoms with E-state index in [1.165, 1.54) is 11.1 Å². The maximum absolute atomic E-state index is 12.7. The summed E-state index contributed by atoms with van der Waals surface area (Å²) in [4.78, 5) is 18.7. The first kappa shape index (κ1) is 19.6. The number of urea groups is 1. The number of hydrogen-bond acceptors (Lipinski definition) is 3. The highest BCUT2D eigenvalue weighted by Gasteiger charge is 2.14. The van der Waals surface area contributed by atoms with Crippen molar-refractivity contribution < 1.29 is 4.79 Å². The van der Waals surface area contributed by atoms with Crippen molar-refractivity contribution in [1.29, 1.82) is 0 Å². The van der Waals surface area contributed by atoms with Gasteiger partial charge >= 0.3 is 6.03 Å². The summed E-state index contributed by atoms with van der Waals surface area (Å²) >= 11 is 0. The van der Waals surface area contributed by atoms with E-state index in [4.69, 9.17) is 0 Å². The largest absolute Gasteiger partial charge is 0.323 e. The lowest BCUT2D eigenvalue weighted by Crippen LogP contribution is -2.32. The Kier molecular flexibility index (Phi) is 6.09. The second-order valence-corrected chi connectivity index (χ2v) is 7.12. The minimum absolute atomic E-state index is 0.188. The molecule has 0 aliphatic rings. The Morgan fingerprint density at radius 1 is 1.14 bits per heavy atom. The fourth-order valence-corrected chi connectivity index (χ4v) is 3.03. The van der Waals surface area contributed by atoms with Crippen LogP contribution in [0.3, 0.4) is 0 Å². The molecule has 6 heteroatoms. The Hall–Kier alpha value is -3.15. The molecule has 0 fully saturated rings. The van der Waals surface area contributed by atoms with E-state index in [2.05, 4.69) is 47.4 Å². The average Bonchev–Trinajstić information content (AvgIpc) is 3.01. The molecule has 0 saturated carbocycles. The van der Waals surface area contributed by atoms with Crippen LogP contribution < -0.4 is 5.32 Å². The average molecular weight is 377 g/mol. The van der Waals surface area contributed by atoms with Crippen LogP contribution in [0.5, 0.6) is 0 Å². The summed E-state index contributed by atoms with van der Waals surface area (Å²) < 4.78 is 1.82. The number of rotatable bonds is 6. The normalized spacial score (nSPS) is 10.7. The maximum Gasteiger partial charge on any atom is 0.323 e. The molecule has 1 N–H and O–H groups in total. The van der Waals surface area contributed by atoms with Gasteiger partial charge in [0.2, 0.25) is 0 Å². The van der Waals surface area contributed by atoms with Gasteiger partial charge in [-0.3, -0.25) is 10.3 Å². The molecule has 2 aromatic heterocycles. The van der Waals surface area contributed by atoms with Gasteiger partial charge in [0.1, 0.15) is 5.82 Å². The standard InChI is InChI=1S/C22H27N5O/c1-5-18-9-10-20(23-13-18)15-26(4)22(28)24-21-12-17(3)25-27(21)14-19-8-6-7-16(2)11-19/h6-13H,5,14-15H2,1-4H3,(H,24,28). The van der Waals surface area contributed by atoms with Gasteiger partial charge in [-0.15, -0.1) is 0 Å². The van der Waals surface area contributed by atoms with Gasteiger partial charge in [0, 0.05) is 19.3 Å². The van der Waals surface area contributed by atoms with E-state index >= 15 is 0 Å². The van der Waals surface area contributed by atoms with Gasteiger partial charge in [-0.1, -0.05) is 42.8 Å². The van der Waals surface area contributed by atoms with Gasteiger partial charge in [0.05, 0.1) is 24.5 Å². The van der Waals surface area contributed by atoms with Crippen molar-refractivity contribution in [3.8, 4) is 0 Å². The molecule has 28 heavy (non-hydrogen) atoms. The molecule has 146 valence electrons. The van der Waals surface area contributed by atoms with E-state index in [-0.39, 0.29) is 6.03 Å². The van der Waals surface area contributed by atoms with Gasteiger partial charge in [0.15, 0.2) is 0 Å². The second kappa shape index (κ2) is 8.69. The van der Waals surface area contributed by atoms with Gasteiger partial charge in [-0.05, 0) is 37.5 Å². The Morgan fingerprint density at radius 3 is 2.64 bits per heavy atom. The van der Waals surface area contributed by atoms with Crippen molar-refractivity contribution in [3.05, 3.63) is 76.7 Å². The molecule has 0 radical (unpaired) electrons. The Morgan fingerprint density at radius 2 is 1.96 bits per heavy atom. The Bertz CT molecular complexity index is 946. The summed E-state index contributed by atoms with van der Waals surface area (Å²) in [6, 6.07) is 14.0. The lowest BCUT2D eigenvalue weighted by atomic mass is 10.1. The third-order valence-corrected chi connectivity index (χ3v) is 4.59. The van der Waals surface area contributed by atoms with Crippen LogP contribution in [0.15, 0.2) is 48.7 Å². The quantitative estimate of drug-likeness (QED) is 0.701. The summed E-state index contributed by atoms with van der Waals surface area (Å²) in [6.07, 6.45) is 2.81. The number of aryl methyl sites for hydroxylation is 3. The van der Waals surface area contributed by atoms with Crippen molar-refractivity contribution in [2.24, 2.45) is 0 Å². The van der Waals surface area contributed by atoms with Crippen molar-refractivity contribution >= 4 is 11.8 Å². The molecule has 6 nitrogen and oxygen atoms in total. The molecule has 0 aliphatic heterocycles. The second-order valence-electron chi connectivity index (χ2n) is 7.12. The zero-order chi connectivity index (χ0) is 20.1. The van der Waals surface area contributed by atoms with Crippen molar-refractivity contribution in [1.82, 2.24) is 19.7 Å². The molecule has 0 saturated heterocycles. The SMILES string of the molecule is CCc1ccc(CN(C)C(=O)Nc2cc(C)nn2Cc2cccc(C)c2)nc1. The summed E-state index contributed by atoms with van der Waals surface area (Å²) in [5, 5.41) is 7.49. The zero-order valence-corrected chi connectivity index (χ0v) is 16.9. The first-order chi connectivity index (χ1) is 13.4. The first-order valence-corrected chi connectivity index (χ1v) is 9.50. The fraction of sp³-hybridized carbons (Fsp3) is 0.318. The molecule has 0 unspecified atom stereocenters. The summed E-state index contributed by atoms with van der Waals surface area (Å²) in [6.45, 7) is 7.13. The number of hydrogen-bond donors (Lipinski definition) is 1. The predicted octanol–water partition coefficient (Wildman–Crippen LogP) is 4.17. The number of anilines is 1. The molecule has 3 rings (SSSR count). The zero-order valence-electron chi connectivity index (χ0n) is 16.9. The van der Waals surface area contributed by atoms with Crippen LogP contribution in [-0.2, 0) is 19.5 Å². The van der Waals surface area contributed by atoms with Crippen LogP contribution in [0.4, 0.5) is 10.6 Å². The van der Waals surface area contributed by atoms with Crippen LogP contribution >= 0.6 is 0 Å². The van der Waals surface area contributed by atoms with E-state index in [0.717, 1.165) is 23.4 Å². The number of nitrogens with one attached hydrogen (secondary N) is 1. The smallest absolute Gasteiger partial charge is 0.322 e. The van der Waals surface area contributed by atoms with Crippen LogP contribution in [0.2, 0.25) is 0 Å². The van der Waals surface area contributed by atoms with E-state index in [1.54, 1.807) is 11.9 Å². The van der Waals surface area contributed by atoms with Gasteiger partial charge in [-0.2, -0.15) is 5.10 Å². The van der Waals surface area contributed by atoms with Gasteiger partial charge in [0.25, 0.3) is 0 Å². The van der Waals surface area contributed by atoms with E-state index < -0.39 is 0 Å². The lowest BCUT2D eigenvalue weighted by Gasteiger charge is -2.18. The van der Waals surface area contributed by atoms with E-state index in [0.29, 0.717) is 18.9 Å². The molecule has 0 spiro atoms. The van der Waals surface area contributed by atoms with Crippen LogP contribution in [0, 0.1) is 13.8 Å². The fourth-order valence-electron chi connectivity index (χ4n) is 3.03. The van der Waals surface area contributed by atoms with E-state index in [9.17, 15) is 4.79 Å². The van der Waals surface area contributed by atoms with Crippen LogP contribution in [0.25, 0.3) is 0 Å². The molecular weight excluding hydrogens is 350 g/mol. The number of carbonyl (C=O) groups is 1. The molecule has 1 aromatic carbocycles. The number of amides is 2. The third-order valence-electron chi connectivity index (χ3n) is 4.59. The molecule has 0 bridgehead atoms. The number of nitrogens with zero attached hydrogens (tertiary/aromatic N) is 4. The van der Waals surface area contributed by atoms with Crippen molar-refractivity contribution in [3.63, 3.8) is 0 Å². The minimum Gasteiger partial charge on any atom is -0.322 e. The van der Waals surface area contributed by atoms with Crippen LogP contribution in [0.1, 0.15) is 35.0 Å². The molecule has 2 amide bonds. The molecule has 3 aromatic rings. The third kappa shape index (κ3) is 4.97. The van der Waals surface area contributed by atoms with Gasteiger partial charge < -0.3 is 4.90 Å². The molecule has 0 atom stereocenters. The number of pyridine rings is 1. The molecule has 0 aliphatic carbocycles. The summed E-state index contributed by atoms with van der Waals surface area (Å²) in [5.41, 5.74) is 5.26. The minimum atomic E-state index is -0.188. The summed E-state index contributed by atoms with van der Waals surface area (Å²) in [5.74, 6) is 0.685. The molecule has 2 heterocycles. The number of benzene rings is 1. The van der Waals surface area contributed by atoms with E-state index in [1.807, 2.05) is 42.1 Å². The maximum atomic E-state index is 12.7. The highest BCUT2D eigenvalue weighted by molar-refractivity contribution is 5.88. The Labute approximate surface area is 166 Å². The summed E-state index contributed by atoms with van der Waals surface area (Å²) in [7, 11) is 1.76. The number of aromatic nitrogens is 3. The lowest BCUT2D eigenvalue weighted by molar-refractivity contribution is 0.220. The van der Waals surface area contributed by atoms with Gasteiger partial charge in [-0.25, -0.2) is 9.48 Å².